The molecule has 4 nitrogen and oxygen atoms in total. The van der Waals surface area contributed by atoms with Crippen molar-refractivity contribution in [2.45, 2.75) is 51.8 Å². The van der Waals surface area contributed by atoms with Gasteiger partial charge in [0.1, 0.15) is 0 Å². The van der Waals surface area contributed by atoms with Gasteiger partial charge in [-0.25, -0.2) is 4.98 Å². The van der Waals surface area contributed by atoms with Crippen LogP contribution in [0.2, 0.25) is 0 Å². The number of aromatic nitrogens is 2. The Morgan fingerprint density at radius 2 is 2.35 bits per heavy atom. The third-order valence-corrected chi connectivity index (χ3v) is 3.35. The van der Waals surface area contributed by atoms with Crippen molar-refractivity contribution < 1.29 is 4.74 Å². The normalized spacial score (nSPS) is 24.5. The van der Waals surface area contributed by atoms with Crippen molar-refractivity contribution in [2.24, 2.45) is 5.92 Å². The first-order valence-corrected chi connectivity index (χ1v) is 6.51. The molecule has 1 aliphatic carbocycles. The summed E-state index contributed by atoms with van der Waals surface area (Å²) >= 11 is 0. The summed E-state index contributed by atoms with van der Waals surface area (Å²) < 4.78 is 7.68. The fraction of sp³-hybridized carbons (Fsp3) is 0.769. The lowest BCUT2D eigenvalue weighted by molar-refractivity contribution is 0.101. The van der Waals surface area contributed by atoms with Crippen LogP contribution in [0.1, 0.15) is 33.1 Å². The first-order chi connectivity index (χ1) is 8.20. The topological polar surface area (TPSA) is 39.1 Å². The lowest BCUT2D eigenvalue weighted by Gasteiger charge is -2.21. The molecule has 4 heteroatoms. The molecule has 1 aromatic heterocycles. The molecule has 0 aromatic carbocycles. The molecular weight excluding hydrogens is 214 g/mol. The summed E-state index contributed by atoms with van der Waals surface area (Å²) in [5.41, 5.74) is 0. The van der Waals surface area contributed by atoms with E-state index in [0.29, 0.717) is 18.1 Å². The van der Waals surface area contributed by atoms with Crippen LogP contribution in [0.5, 0.6) is 0 Å². The molecular formula is C13H23N3O. The van der Waals surface area contributed by atoms with Crippen molar-refractivity contribution in [3.8, 4) is 0 Å². The monoisotopic (exact) mass is 237 g/mol. The van der Waals surface area contributed by atoms with Crippen LogP contribution >= 0.6 is 0 Å². The van der Waals surface area contributed by atoms with E-state index in [9.17, 15) is 0 Å². The quantitative estimate of drug-likeness (QED) is 0.855. The van der Waals surface area contributed by atoms with E-state index in [0.717, 1.165) is 18.9 Å². The zero-order valence-corrected chi connectivity index (χ0v) is 11.0. The maximum Gasteiger partial charge on any atom is 0.203 e. The van der Waals surface area contributed by atoms with E-state index >= 15 is 0 Å². The van der Waals surface area contributed by atoms with E-state index in [1.807, 2.05) is 12.4 Å². The summed E-state index contributed by atoms with van der Waals surface area (Å²) in [7, 11) is 1.80. The van der Waals surface area contributed by atoms with Crippen molar-refractivity contribution in [2.75, 3.05) is 12.4 Å². The Bertz CT molecular complexity index is 348. The van der Waals surface area contributed by atoms with Crippen molar-refractivity contribution in [3.05, 3.63) is 12.4 Å². The van der Waals surface area contributed by atoms with Gasteiger partial charge in [0.25, 0.3) is 0 Å². The molecule has 1 saturated carbocycles. The fourth-order valence-corrected chi connectivity index (χ4v) is 2.53. The Morgan fingerprint density at radius 1 is 1.53 bits per heavy atom. The molecule has 2 unspecified atom stereocenters. The predicted octanol–water partition coefficient (Wildman–Crippen LogP) is 2.52. The SMILES string of the molecule is COC1CCCC1Nc1nccn1CC(C)C. The molecule has 2 rings (SSSR count). The average Bonchev–Trinajstić information content (AvgIpc) is 2.88. The maximum atomic E-state index is 5.49. The molecule has 1 aromatic rings. The number of hydrogen-bond donors (Lipinski definition) is 1. The molecule has 0 saturated heterocycles. The van der Waals surface area contributed by atoms with E-state index < -0.39 is 0 Å². The number of nitrogens with zero attached hydrogens (tertiary/aromatic N) is 2. The van der Waals surface area contributed by atoms with Gasteiger partial charge in [-0.15, -0.1) is 0 Å². The molecule has 0 radical (unpaired) electrons. The van der Waals surface area contributed by atoms with Crippen molar-refractivity contribution in [3.63, 3.8) is 0 Å². The van der Waals surface area contributed by atoms with Gasteiger partial charge in [0.15, 0.2) is 0 Å². The third-order valence-electron chi connectivity index (χ3n) is 3.35. The molecule has 17 heavy (non-hydrogen) atoms. The van der Waals surface area contributed by atoms with Gasteiger partial charge in [0.2, 0.25) is 5.95 Å². The van der Waals surface area contributed by atoms with Crippen LogP contribution in [-0.2, 0) is 11.3 Å². The van der Waals surface area contributed by atoms with Crippen molar-refractivity contribution >= 4 is 5.95 Å². The van der Waals surface area contributed by atoms with Crippen LogP contribution in [0.25, 0.3) is 0 Å². The number of ether oxygens (including phenoxy) is 1. The van der Waals surface area contributed by atoms with Gasteiger partial charge in [-0.05, 0) is 25.2 Å². The molecule has 1 N–H and O–H groups in total. The highest BCUT2D eigenvalue weighted by Crippen LogP contribution is 2.24. The Balaban J connectivity index is 2.00. The predicted molar refractivity (Wildman–Crippen MR) is 69.1 cm³/mol. The minimum Gasteiger partial charge on any atom is -0.379 e. The van der Waals surface area contributed by atoms with Crippen LogP contribution in [0.4, 0.5) is 5.95 Å². The van der Waals surface area contributed by atoms with Crippen molar-refractivity contribution in [1.82, 2.24) is 9.55 Å². The Hall–Kier alpha value is -1.03. The Labute approximate surface area is 103 Å². The number of imidazole rings is 1. The molecule has 0 amide bonds. The lowest BCUT2D eigenvalue weighted by Crippen LogP contribution is -2.31. The van der Waals surface area contributed by atoms with E-state index in [-0.39, 0.29) is 0 Å². The smallest absolute Gasteiger partial charge is 0.203 e. The second kappa shape index (κ2) is 5.54. The summed E-state index contributed by atoms with van der Waals surface area (Å²) in [6, 6.07) is 0.410. The summed E-state index contributed by atoms with van der Waals surface area (Å²) in [6.45, 7) is 5.45. The van der Waals surface area contributed by atoms with Gasteiger partial charge in [0, 0.05) is 26.0 Å². The van der Waals surface area contributed by atoms with E-state index in [1.165, 1.54) is 12.8 Å². The number of rotatable bonds is 5. The van der Waals surface area contributed by atoms with E-state index in [1.54, 1.807) is 7.11 Å². The highest BCUT2D eigenvalue weighted by molar-refractivity contribution is 5.28. The van der Waals surface area contributed by atoms with Gasteiger partial charge >= 0.3 is 0 Å². The third kappa shape index (κ3) is 3.00. The molecule has 0 aliphatic heterocycles. The van der Waals surface area contributed by atoms with Gasteiger partial charge in [-0.3, -0.25) is 0 Å². The number of hydrogen-bond acceptors (Lipinski definition) is 3. The average molecular weight is 237 g/mol. The van der Waals surface area contributed by atoms with Crippen LogP contribution in [0.15, 0.2) is 12.4 Å². The van der Waals surface area contributed by atoms with E-state index in [4.69, 9.17) is 4.74 Å². The van der Waals surface area contributed by atoms with Gasteiger partial charge in [0.05, 0.1) is 12.1 Å². The number of anilines is 1. The van der Waals surface area contributed by atoms with Gasteiger partial charge in [-0.1, -0.05) is 13.8 Å². The molecule has 0 spiro atoms. The summed E-state index contributed by atoms with van der Waals surface area (Å²) in [4.78, 5) is 4.40. The maximum absolute atomic E-state index is 5.49. The molecule has 2 atom stereocenters. The second-order valence-corrected chi connectivity index (χ2v) is 5.25. The fourth-order valence-electron chi connectivity index (χ4n) is 2.53. The number of nitrogens with one attached hydrogen (secondary N) is 1. The van der Waals surface area contributed by atoms with Crippen LogP contribution < -0.4 is 5.32 Å². The summed E-state index contributed by atoms with van der Waals surface area (Å²) in [5, 5.41) is 3.52. The zero-order valence-electron chi connectivity index (χ0n) is 11.0. The largest absolute Gasteiger partial charge is 0.379 e. The minimum absolute atomic E-state index is 0.333. The summed E-state index contributed by atoms with van der Waals surface area (Å²) in [6.07, 6.45) is 7.80. The Kier molecular flexibility index (Phi) is 4.05. The van der Waals surface area contributed by atoms with Crippen LogP contribution in [0.3, 0.4) is 0 Å². The molecule has 1 aliphatic rings. The standard InChI is InChI=1S/C13H23N3O/c1-10(2)9-16-8-7-14-13(16)15-11-5-4-6-12(11)17-3/h7-8,10-12H,4-6,9H2,1-3H3,(H,14,15). The highest BCUT2D eigenvalue weighted by atomic mass is 16.5. The van der Waals surface area contributed by atoms with Gasteiger partial charge < -0.3 is 14.6 Å². The molecule has 0 bridgehead atoms. The second-order valence-electron chi connectivity index (χ2n) is 5.25. The molecule has 96 valence electrons. The summed E-state index contributed by atoms with van der Waals surface area (Å²) in [5.74, 6) is 1.61. The van der Waals surface area contributed by atoms with Crippen LogP contribution in [-0.4, -0.2) is 28.8 Å². The first kappa shape index (κ1) is 12.4. The van der Waals surface area contributed by atoms with Crippen molar-refractivity contribution in [1.29, 1.82) is 0 Å². The Morgan fingerprint density at radius 3 is 3.06 bits per heavy atom. The molecule has 1 heterocycles. The highest BCUT2D eigenvalue weighted by Gasteiger charge is 2.27. The minimum atomic E-state index is 0.333. The number of methoxy groups -OCH3 is 1. The van der Waals surface area contributed by atoms with Gasteiger partial charge in [-0.2, -0.15) is 0 Å². The van der Waals surface area contributed by atoms with E-state index in [2.05, 4.69) is 28.7 Å². The van der Waals surface area contributed by atoms with Crippen LogP contribution in [0, 0.1) is 5.92 Å². The first-order valence-electron chi connectivity index (χ1n) is 6.51. The zero-order chi connectivity index (χ0) is 12.3. The molecule has 1 fully saturated rings. The lowest BCUT2D eigenvalue weighted by atomic mass is 10.2.